The minimum atomic E-state index is -1.31. The van der Waals surface area contributed by atoms with Crippen LogP contribution in [0.15, 0.2) is 77.6 Å². The summed E-state index contributed by atoms with van der Waals surface area (Å²) >= 11 is 0. The number of fused-ring (bicyclic) bond motifs is 1. The number of aliphatic hydroxyl groups is 1. The Balaban J connectivity index is 1.45. The maximum Gasteiger partial charge on any atom is 0.278 e. The molecule has 13 heteroatoms. The summed E-state index contributed by atoms with van der Waals surface area (Å²) in [5.41, 5.74) is 0.954. The number of carbonyl (C=O) groups is 2. The van der Waals surface area contributed by atoms with E-state index in [2.05, 4.69) is 20.6 Å². The highest BCUT2D eigenvalue weighted by Crippen LogP contribution is 2.47. The number of aromatic amines is 1. The summed E-state index contributed by atoms with van der Waals surface area (Å²) in [6.45, 7) is 5.53. The zero-order chi connectivity index (χ0) is 35.6. The summed E-state index contributed by atoms with van der Waals surface area (Å²) in [7, 11) is 3.02. The molecule has 2 unspecified atom stereocenters. The Kier molecular flexibility index (Phi) is 9.91. The first kappa shape index (κ1) is 34.6. The van der Waals surface area contributed by atoms with Gasteiger partial charge >= 0.3 is 0 Å². The predicted octanol–water partition coefficient (Wildman–Crippen LogP) is 4.13. The van der Waals surface area contributed by atoms with Gasteiger partial charge in [0.25, 0.3) is 5.56 Å². The fourth-order valence-electron chi connectivity index (χ4n) is 6.75. The number of carbonyl (C=O) groups excluding carboxylic acids is 2. The van der Waals surface area contributed by atoms with Crippen LogP contribution in [0.25, 0.3) is 0 Å². The molecule has 1 saturated heterocycles. The maximum atomic E-state index is 13.5. The number of amides is 1. The van der Waals surface area contributed by atoms with Crippen molar-refractivity contribution < 1.29 is 28.9 Å². The summed E-state index contributed by atoms with van der Waals surface area (Å²) in [5.74, 6) is 0.229. The largest absolute Gasteiger partial charge is 0.493 e. The number of aromatic nitrogens is 2. The number of anilines is 3. The molecular weight excluding hydrogens is 640 g/mol. The van der Waals surface area contributed by atoms with Gasteiger partial charge in [0.2, 0.25) is 11.9 Å². The van der Waals surface area contributed by atoms with Crippen LogP contribution in [-0.4, -0.2) is 78.0 Å². The number of hydrogen-bond donors (Lipinski definition) is 4. The van der Waals surface area contributed by atoms with Crippen LogP contribution in [0.5, 0.6) is 11.5 Å². The molecule has 6 rings (SSSR count). The topological polar surface area (TPSA) is 158 Å². The van der Waals surface area contributed by atoms with Crippen LogP contribution < -0.4 is 30.7 Å². The molecule has 2 atom stereocenters. The van der Waals surface area contributed by atoms with Gasteiger partial charge in [-0.3, -0.25) is 29.7 Å². The maximum absolute atomic E-state index is 13.5. The molecule has 262 valence electrons. The van der Waals surface area contributed by atoms with E-state index in [1.165, 1.54) is 21.1 Å². The van der Waals surface area contributed by atoms with Crippen molar-refractivity contribution in [2.45, 2.75) is 44.9 Å². The minimum Gasteiger partial charge on any atom is -0.493 e. The summed E-state index contributed by atoms with van der Waals surface area (Å²) in [6, 6.07) is 22.5. The number of ether oxygens (including phenoxy) is 3. The van der Waals surface area contributed by atoms with E-state index < -0.39 is 17.3 Å². The summed E-state index contributed by atoms with van der Waals surface area (Å²) in [5, 5.41) is 20.5. The SMILES string of the molecule is COc1ccc(C(OCC2CC(O)CN2N2CNc3c2nc(NC(=O)C(C)C)[nH]c3=O)(c2ccccc2)c2ccccc2)c(C(C)=O)c1OC. The third-order valence-electron chi connectivity index (χ3n) is 9.12. The summed E-state index contributed by atoms with van der Waals surface area (Å²) in [4.78, 5) is 46.2. The highest BCUT2D eigenvalue weighted by atomic mass is 16.5. The Labute approximate surface area is 290 Å². The lowest BCUT2D eigenvalue weighted by atomic mass is 9.77. The van der Waals surface area contributed by atoms with Crippen LogP contribution in [0.1, 0.15) is 54.2 Å². The van der Waals surface area contributed by atoms with Gasteiger partial charge in [0.05, 0.1) is 38.5 Å². The Hall–Kier alpha value is -5.24. The van der Waals surface area contributed by atoms with E-state index in [4.69, 9.17) is 14.2 Å². The molecule has 1 amide bonds. The second kappa shape index (κ2) is 14.3. The molecule has 2 aliphatic rings. The van der Waals surface area contributed by atoms with Crippen LogP contribution >= 0.6 is 0 Å². The Morgan fingerprint density at radius 1 is 1.02 bits per heavy atom. The smallest absolute Gasteiger partial charge is 0.278 e. The molecule has 4 aromatic rings. The van der Waals surface area contributed by atoms with Crippen molar-refractivity contribution in [2.75, 3.05) is 49.7 Å². The van der Waals surface area contributed by atoms with Gasteiger partial charge in [-0.1, -0.05) is 80.6 Å². The number of nitrogens with zero attached hydrogens (tertiary/aromatic N) is 3. The molecule has 3 aromatic carbocycles. The van der Waals surface area contributed by atoms with Crippen molar-refractivity contribution in [3.05, 3.63) is 105 Å². The number of β-amino-alcohol motifs (C(OH)–C–C–N with tert-alkyl or cyclic N) is 1. The van der Waals surface area contributed by atoms with Crippen LogP contribution in [0.2, 0.25) is 0 Å². The van der Waals surface area contributed by atoms with Crippen molar-refractivity contribution in [1.82, 2.24) is 15.0 Å². The van der Waals surface area contributed by atoms with E-state index in [9.17, 15) is 19.5 Å². The first-order valence-electron chi connectivity index (χ1n) is 16.5. The zero-order valence-electron chi connectivity index (χ0n) is 28.7. The summed E-state index contributed by atoms with van der Waals surface area (Å²) in [6.07, 6.45) is -0.344. The minimum absolute atomic E-state index is 0.0334. The van der Waals surface area contributed by atoms with E-state index >= 15 is 0 Å². The first-order chi connectivity index (χ1) is 24.1. The van der Waals surface area contributed by atoms with Crippen LogP contribution in [-0.2, 0) is 15.1 Å². The van der Waals surface area contributed by atoms with E-state index in [1.807, 2.05) is 71.7 Å². The van der Waals surface area contributed by atoms with Gasteiger partial charge in [-0.2, -0.15) is 4.98 Å². The second-order valence-electron chi connectivity index (χ2n) is 12.7. The fraction of sp³-hybridized carbons (Fsp3) is 0.351. The molecular formula is C37H42N6O7. The Morgan fingerprint density at radius 3 is 2.26 bits per heavy atom. The van der Waals surface area contributed by atoms with Gasteiger partial charge < -0.3 is 24.6 Å². The van der Waals surface area contributed by atoms with Gasteiger partial charge in [-0.05, 0) is 30.5 Å². The van der Waals surface area contributed by atoms with Gasteiger partial charge in [0.15, 0.2) is 23.1 Å². The third kappa shape index (κ3) is 6.30. The van der Waals surface area contributed by atoms with Crippen molar-refractivity contribution in [1.29, 1.82) is 0 Å². The van der Waals surface area contributed by atoms with Gasteiger partial charge in [0, 0.05) is 18.0 Å². The fourth-order valence-corrected chi connectivity index (χ4v) is 6.75. The van der Waals surface area contributed by atoms with Crippen molar-refractivity contribution in [2.24, 2.45) is 5.92 Å². The average Bonchev–Trinajstić information content (AvgIpc) is 3.71. The number of aliphatic hydroxyl groups excluding tert-OH is 1. The van der Waals surface area contributed by atoms with Gasteiger partial charge in [0.1, 0.15) is 18.0 Å². The Morgan fingerprint density at radius 2 is 1.68 bits per heavy atom. The molecule has 0 aliphatic carbocycles. The monoisotopic (exact) mass is 682 g/mol. The van der Waals surface area contributed by atoms with E-state index in [1.54, 1.807) is 24.9 Å². The number of nitrogens with one attached hydrogen (secondary N) is 3. The molecule has 0 saturated carbocycles. The van der Waals surface area contributed by atoms with Crippen LogP contribution in [0.3, 0.4) is 0 Å². The quantitative estimate of drug-likeness (QED) is 0.126. The van der Waals surface area contributed by atoms with E-state index in [-0.39, 0.29) is 55.1 Å². The number of hydrazine groups is 1. The molecule has 0 spiro atoms. The van der Waals surface area contributed by atoms with E-state index in [0.29, 0.717) is 34.9 Å². The molecule has 1 aromatic heterocycles. The number of benzene rings is 3. The van der Waals surface area contributed by atoms with Gasteiger partial charge in [-0.25, -0.2) is 5.01 Å². The van der Waals surface area contributed by atoms with Crippen LogP contribution in [0.4, 0.5) is 17.5 Å². The molecule has 2 aliphatic heterocycles. The van der Waals surface area contributed by atoms with E-state index in [0.717, 1.165) is 11.1 Å². The Bertz CT molecular complexity index is 1880. The number of Topliss-reactive ketones (excluding diaryl/α,β-unsaturated/α-hetero) is 1. The lowest BCUT2D eigenvalue weighted by Crippen LogP contribution is -2.49. The number of ketones is 1. The average molecular weight is 683 g/mol. The predicted molar refractivity (Wildman–Crippen MR) is 189 cm³/mol. The van der Waals surface area contributed by atoms with Crippen molar-refractivity contribution >= 4 is 29.1 Å². The standard InChI is InChI=1S/C37H42N6O7/c1-22(2)34(46)40-36-39-33-31(35(47)41-36)38-21-43(33)42-19-27(45)18-26(42)20-50-37(24-12-8-6-9-13-24,25-14-10-7-11-15-25)28-16-17-29(48-4)32(49-5)30(28)23(3)44/h6-17,22,26-27,38,45H,18-21H2,1-5H3,(H2,39,40,41,46,47). The molecule has 13 nitrogen and oxygen atoms in total. The molecule has 3 heterocycles. The number of hydrogen-bond acceptors (Lipinski definition) is 11. The van der Waals surface area contributed by atoms with Crippen LogP contribution in [0, 0.1) is 5.92 Å². The van der Waals surface area contributed by atoms with Crippen molar-refractivity contribution in [3.8, 4) is 11.5 Å². The highest BCUT2D eigenvalue weighted by Gasteiger charge is 2.45. The molecule has 4 N–H and O–H groups in total. The summed E-state index contributed by atoms with van der Waals surface area (Å²) < 4.78 is 18.6. The molecule has 50 heavy (non-hydrogen) atoms. The molecule has 0 radical (unpaired) electrons. The number of methoxy groups -OCH3 is 2. The zero-order valence-corrected chi connectivity index (χ0v) is 28.7. The number of H-pyrrole nitrogens is 1. The molecule has 1 fully saturated rings. The third-order valence-corrected chi connectivity index (χ3v) is 9.12. The normalized spacial score (nSPS) is 17.4. The highest BCUT2D eigenvalue weighted by molar-refractivity contribution is 6.00. The first-order valence-corrected chi connectivity index (χ1v) is 16.5. The lowest BCUT2D eigenvalue weighted by Gasteiger charge is -2.40. The second-order valence-corrected chi connectivity index (χ2v) is 12.7. The van der Waals surface area contributed by atoms with Crippen molar-refractivity contribution in [3.63, 3.8) is 0 Å². The number of rotatable bonds is 12. The van der Waals surface area contributed by atoms with Gasteiger partial charge in [-0.15, -0.1) is 0 Å². The molecule has 0 bridgehead atoms. The lowest BCUT2D eigenvalue weighted by molar-refractivity contribution is -0.118.